The van der Waals surface area contributed by atoms with E-state index in [1.54, 1.807) is 0 Å². The lowest BCUT2D eigenvalue weighted by atomic mass is 10.0. The van der Waals surface area contributed by atoms with Crippen LogP contribution in [0.25, 0.3) is 10.8 Å². The van der Waals surface area contributed by atoms with Crippen LogP contribution in [0, 0.1) is 0 Å². The van der Waals surface area contributed by atoms with Gasteiger partial charge < -0.3 is 15.5 Å². The molecule has 1 heterocycles. The van der Waals surface area contributed by atoms with Crippen LogP contribution >= 0.6 is 0 Å². The van der Waals surface area contributed by atoms with Crippen molar-refractivity contribution in [3.63, 3.8) is 0 Å². The summed E-state index contributed by atoms with van der Waals surface area (Å²) in [5.74, 6) is 0.924. The van der Waals surface area contributed by atoms with Gasteiger partial charge in [-0.2, -0.15) is 0 Å². The van der Waals surface area contributed by atoms with Crippen LogP contribution in [0.15, 0.2) is 47.5 Å². The van der Waals surface area contributed by atoms with E-state index in [-0.39, 0.29) is 0 Å². The Labute approximate surface area is 157 Å². The van der Waals surface area contributed by atoms with E-state index >= 15 is 0 Å². The number of likely N-dealkylation sites (tertiary alicyclic amines) is 1. The SMILES string of the molecule is CN=C(NCCc1cccc2ccccc12)NC1CCN(C(C)C)CC1. The first-order valence-corrected chi connectivity index (χ1v) is 9.85. The molecule has 0 amide bonds. The highest BCUT2D eigenvalue weighted by Gasteiger charge is 2.21. The largest absolute Gasteiger partial charge is 0.356 e. The number of hydrogen-bond donors (Lipinski definition) is 2. The Bertz CT molecular complexity index is 725. The van der Waals surface area contributed by atoms with E-state index in [1.807, 2.05) is 7.05 Å². The number of hydrogen-bond acceptors (Lipinski definition) is 2. The lowest BCUT2D eigenvalue weighted by molar-refractivity contribution is 0.167. The van der Waals surface area contributed by atoms with Crippen LogP contribution in [-0.4, -0.2) is 49.6 Å². The number of guanidine groups is 1. The van der Waals surface area contributed by atoms with Gasteiger partial charge >= 0.3 is 0 Å². The fourth-order valence-electron chi connectivity index (χ4n) is 3.77. The van der Waals surface area contributed by atoms with Crippen molar-refractivity contribution in [2.45, 2.75) is 45.2 Å². The van der Waals surface area contributed by atoms with Gasteiger partial charge in [0, 0.05) is 38.8 Å². The summed E-state index contributed by atoms with van der Waals surface area (Å²) < 4.78 is 0. The van der Waals surface area contributed by atoms with E-state index in [1.165, 1.54) is 42.3 Å². The molecule has 1 aliphatic heterocycles. The number of fused-ring (bicyclic) bond motifs is 1. The van der Waals surface area contributed by atoms with E-state index in [0.29, 0.717) is 12.1 Å². The molecule has 140 valence electrons. The summed E-state index contributed by atoms with van der Waals surface area (Å²) in [6.07, 6.45) is 3.36. The Morgan fingerprint density at radius 2 is 1.85 bits per heavy atom. The molecule has 1 saturated heterocycles. The maximum absolute atomic E-state index is 4.41. The first-order chi connectivity index (χ1) is 12.7. The van der Waals surface area contributed by atoms with Crippen LogP contribution in [-0.2, 0) is 6.42 Å². The molecule has 1 fully saturated rings. The molecular formula is C22H32N4. The van der Waals surface area contributed by atoms with Crippen LogP contribution in [0.5, 0.6) is 0 Å². The second-order valence-electron chi connectivity index (χ2n) is 7.44. The minimum atomic E-state index is 0.522. The number of aliphatic imine (C=N–C) groups is 1. The van der Waals surface area contributed by atoms with Crippen molar-refractivity contribution in [1.29, 1.82) is 0 Å². The van der Waals surface area contributed by atoms with Gasteiger partial charge in [-0.1, -0.05) is 42.5 Å². The number of nitrogens with one attached hydrogen (secondary N) is 2. The van der Waals surface area contributed by atoms with Gasteiger partial charge in [0.25, 0.3) is 0 Å². The monoisotopic (exact) mass is 352 g/mol. The first-order valence-electron chi connectivity index (χ1n) is 9.85. The van der Waals surface area contributed by atoms with Gasteiger partial charge in [0.1, 0.15) is 0 Å². The van der Waals surface area contributed by atoms with Crippen molar-refractivity contribution in [3.05, 3.63) is 48.0 Å². The Hall–Kier alpha value is -2.07. The van der Waals surface area contributed by atoms with E-state index in [2.05, 4.69) is 76.8 Å². The summed E-state index contributed by atoms with van der Waals surface area (Å²) in [5.41, 5.74) is 1.39. The molecular weight excluding hydrogens is 320 g/mol. The lowest BCUT2D eigenvalue weighted by Gasteiger charge is -2.35. The Morgan fingerprint density at radius 1 is 1.12 bits per heavy atom. The molecule has 2 aromatic rings. The molecule has 0 aliphatic carbocycles. The van der Waals surface area contributed by atoms with Gasteiger partial charge in [-0.25, -0.2) is 0 Å². The van der Waals surface area contributed by atoms with E-state index in [4.69, 9.17) is 0 Å². The quantitative estimate of drug-likeness (QED) is 0.640. The minimum Gasteiger partial charge on any atom is -0.356 e. The molecule has 26 heavy (non-hydrogen) atoms. The maximum Gasteiger partial charge on any atom is 0.191 e. The minimum absolute atomic E-state index is 0.522. The highest BCUT2D eigenvalue weighted by molar-refractivity contribution is 5.85. The van der Waals surface area contributed by atoms with E-state index < -0.39 is 0 Å². The van der Waals surface area contributed by atoms with Crippen LogP contribution < -0.4 is 10.6 Å². The topological polar surface area (TPSA) is 39.7 Å². The van der Waals surface area contributed by atoms with Gasteiger partial charge in [0.2, 0.25) is 0 Å². The van der Waals surface area contributed by atoms with E-state index in [0.717, 1.165) is 18.9 Å². The predicted molar refractivity (Wildman–Crippen MR) is 112 cm³/mol. The van der Waals surface area contributed by atoms with Crippen LogP contribution in [0.2, 0.25) is 0 Å². The Balaban J connectivity index is 1.49. The zero-order chi connectivity index (χ0) is 18.4. The summed E-state index contributed by atoms with van der Waals surface area (Å²) in [6, 6.07) is 16.3. The predicted octanol–water partition coefficient (Wildman–Crippen LogP) is 3.42. The fraction of sp³-hybridized carbons (Fsp3) is 0.500. The molecule has 2 aromatic carbocycles. The fourth-order valence-corrected chi connectivity index (χ4v) is 3.77. The van der Waals surface area contributed by atoms with E-state index in [9.17, 15) is 0 Å². The molecule has 4 heteroatoms. The van der Waals surface area contributed by atoms with Crippen molar-refractivity contribution >= 4 is 16.7 Å². The van der Waals surface area contributed by atoms with Gasteiger partial charge in [-0.3, -0.25) is 4.99 Å². The first kappa shape index (κ1) is 18.7. The smallest absolute Gasteiger partial charge is 0.191 e. The Morgan fingerprint density at radius 3 is 2.58 bits per heavy atom. The lowest BCUT2D eigenvalue weighted by Crippen LogP contribution is -2.50. The molecule has 2 N–H and O–H groups in total. The average molecular weight is 353 g/mol. The van der Waals surface area contributed by atoms with Crippen molar-refractivity contribution in [2.24, 2.45) is 4.99 Å². The maximum atomic E-state index is 4.41. The normalized spacial score (nSPS) is 17.0. The summed E-state index contributed by atoms with van der Waals surface area (Å²) in [7, 11) is 1.86. The molecule has 0 unspecified atom stereocenters. The van der Waals surface area contributed by atoms with Crippen molar-refractivity contribution in [2.75, 3.05) is 26.7 Å². The van der Waals surface area contributed by atoms with Crippen molar-refractivity contribution in [1.82, 2.24) is 15.5 Å². The molecule has 0 spiro atoms. The molecule has 4 nitrogen and oxygen atoms in total. The van der Waals surface area contributed by atoms with Crippen molar-refractivity contribution in [3.8, 4) is 0 Å². The third kappa shape index (κ3) is 4.76. The Kier molecular flexibility index (Phi) is 6.51. The highest BCUT2D eigenvalue weighted by atomic mass is 15.2. The second-order valence-corrected chi connectivity index (χ2v) is 7.44. The molecule has 0 bridgehead atoms. The van der Waals surface area contributed by atoms with Gasteiger partial charge in [0.15, 0.2) is 5.96 Å². The zero-order valence-electron chi connectivity index (χ0n) is 16.3. The molecule has 3 rings (SSSR count). The van der Waals surface area contributed by atoms with Gasteiger partial charge in [-0.15, -0.1) is 0 Å². The summed E-state index contributed by atoms with van der Waals surface area (Å²) in [4.78, 5) is 6.96. The molecule has 1 aliphatic rings. The molecule has 0 saturated carbocycles. The average Bonchev–Trinajstić information content (AvgIpc) is 2.67. The van der Waals surface area contributed by atoms with Crippen molar-refractivity contribution < 1.29 is 0 Å². The second kappa shape index (κ2) is 9.04. The number of rotatable bonds is 5. The van der Waals surface area contributed by atoms with Gasteiger partial charge in [0.05, 0.1) is 0 Å². The number of benzene rings is 2. The standard InChI is InChI=1S/C22H32N4/c1-17(2)26-15-12-20(13-16-26)25-22(23-3)24-14-11-19-9-6-8-18-7-4-5-10-21(18)19/h4-10,17,20H,11-16H2,1-3H3,(H2,23,24,25). The van der Waals surface area contributed by atoms with Crippen LogP contribution in [0.3, 0.4) is 0 Å². The number of piperidine rings is 1. The highest BCUT2D eigenvalue weighted by Crippen LogP contribution is 2.18. The number of nitrogens with zero attached hydrogens (tertiary/aromatic N) is 2. The summed E-state index contributed by atoms with van der Waals surface area (Å²) >= 11 is 0. The summed E-state index contributed by atoms with van der Waals surface area (Å²) in [6.45, 7) is 7.78. The molecule has 0 atom stereocenters. The third-order valence-electron chi connectivity index (χ3n) is 5.39. The molecule has 0 radical (unpaired) electrons. The third-order valence-corrected chi connectivity index (χ3v) is 5.39. The van der Waals surface area contributed by atoms with Crippen LogP contribution in [0.4, 0.5) is 0 Å². The molecule has 0 aromatic heterocycles. The zero-order valence-corrected chi connectivity index (χ0v) is 16.3. The summed E-state index contributed by atoms with van der Waals surface area (Å²) in [5, 5.41) is 9.75. The van der Waals surface area contributed by atoms with Crippen LogP contribution in [0.1, 0.15) is 32.3 Å². The van der Waals surface area contributed by atoms with Gasteiger partial charge in [-0.05, 0) is 49.4 Å².